The first-order valence-corrected chi connectivity index (χ1v) is 12.1. The minimum atomic E-state index is -4.72. The highest BCUT2D eigenvalue weighted by Crippen LogP contribution is 2.44. The second-order valence-corrected chi connectivity index (χ2v) is 9.96. The maximum atomic E-state index is 13.6. The molecule has 4 heterocycles. The van der Waals surface area contributed by atoms with Gasteiger partial charge in [-0.25, -0.2) is 4.98 Å². The lowest BCUT2D eigenvalue weighted by molar-refractivity contribution is -0.140. The summed E-state index contributed by atoms with van der Waals surface area (Å²) in [5.74, 6) is -1.34. The normalized spacial score (nSPS) is 11.9. The molecule has 3 N–H and O–H groups in total. The predicted octanol–water partition coefficient (Wildman–Crippen LogP) is 4.26. The lowest BCUT2D eigenvalue weighted by Crippen LogP contribution is -2.18. The van der Waals surface area contributed by atoms with Crippen molar-refractivity contribution in [2.45, 2.75) is 33.0 Å². The number of primary amides is 1. The smallest absolute Gasteiger partial charge is 0.365 e. The summed E-state index contributed by atoms with van der Waals surface area (Å²) in [4.78, 5) is 28.6. The number of halogens is 4. The van der Waals surface area contributed by atoms with Crippen LogP contribution in [0.25, 0.3) is 21.3 Å². The summed E-state index contributed by atoms with van der Waals surface area (Å²) in [6, 6.07) is 0.897. The van der Waals surface area contributed by atoms with E-state index in [9.17, 15) is 22.8 Å². The van der Waals surface area contributed by atoms with E-state index in [0.29, 0.717) is 22.6 Å². The Kier molecular flexibility index (Phi) is 6.61. The van der Waals surface area contributed by atoms with Crippen molar-refractivity contribution < 1.29 is 22.8 Å². The number of carbonyl (C=O) groups excluding carboxylic acids is 2. The Morgan fingerprint density at radius 3 is 2.51 bits per heavy atom. The number of nitrogens with one attached hydrogen (secondary N) is 1. The summed E-state index contributed by atoms with van der Waals surface area (Å²) in [7, 11) is 1.66. The molecule has 9 nitrogen and oxygen atoms in total. The summed E-state index contributed by atoms with van der Waals surface area (Å²) in [5.41, 5.74) is 6.42. The second kappa shape index (κ2) is 9.22. The standard InChI is InChI=1S/C21H19F3IN7O2S/c1-9-13(25)8-32(30-9)5-4-15(33)29-17-16-11(12-7-27-31(3)10(12)2)6-14(21(22,23)24)28-20(16)35-18(17)19(26)34/h6-8H,4-5H2,1-3H3,(H2,26,34)(H,29,33). The van der Waals surface area contributed by atoms with E-state index in [1.165, 1.54) is 10.9 Å². The molecule has 4 aromatic rings. The van der Waals surface area contributed by atoms with E-state index in [-0.39, 0.29) is 39.3 Å². The van der Waals surface area contributed by atoms with Crippen LogP contribution in [-0.2, 0) is 24.6 Å². The molecule has 0 fully saturated rings. The molecule has 14 heteroatoms. The van der Waals surface area contributed by atoms with Crippen LogP contribution in [0.1, 0.15) is 33.2 Å². The van der Waals surface area contributed by atoms with Gasteiger partial charge in [0, 0.05) is 42.9 Å². The summed E-state index contributed by atoms with van der Waals surface area (Å²) in [6.45, 7) is 3.82. The van der Waals surface area contributed by atoms with Crippen LogP contribution < -0.4 is 11.1 Å². The first-order valence-electron chi connectivity index (χ1n) is 10.2. The van der Waals surface area contributed by atoms with Gasteiger partial charge in [0.2, 0.25) is 5.91 Å². The third-order valence-electron chi connectivity index (χ3n) is 5.42. The zero-order valence-corrected chi connectivity index (χ0v) is 21.7. The number of fused-ring (bicyclic) bond motifs is 1. The van der Waals surface area contributed by atoms with Crippen molar-refractivity contribution in [3.05, 3.63) is 44.0 Å². The summed E-state index contributed by atoms with van der Waals surface area (Å²) in [5, 5.41) is 11.3. The zero-order valence-electron chi connectivity index (χ0n) is 18.7. The molecule has 0 aromatic carbocycles. The van der Waals surface area contributed by atoms with Crippen LogP contribution in [-0.4, -0.2) is 36.4 Å². The number of thiophene rings is 1. The summed E-state index contributed by atoms with van der Waals surface area (Å²) < 4.78 is 45.0. The fraction of sp³-hybridized carbons (Fsp3) is 0.286. The molecule has 0 aliphatic carbocycles. The first kappa shape index (κ1) is 25.1. The predicted molar refractivity (Wildman–Crippen MR) is 133 cm³/mol. The monoisotopic (exact) mass is 617 g/mol. The van der Waals surface area contributed by atoms with Crippen molar-refractivity contribution in [1.29, 1.82) is 0 Å². The molecular weight excluding hydrogens is 598 g/mol. The number of rotatable bonds is 6. The average molecular weight is 617 g/mol. The minimum Gasteiger partial charge on any atom is -0.365 e. The lowest BCUT2D eigenvalue weighted by Gasteiger charge is -2.12. The first-order chi connectivity index (χ1) is 16.4. The number of aromatic nitrogens is 5. The fourth-order valence-corrected chi connectivity index (χ4v) is 4.97. The largest absolute Gasteiger partial charge is 0.433 e. The van der Waals surface area contributed by atoms with Crippen molar-refractivity contribution in [3.63, 3.8) is 0 Å². The molecule has 0 radical (unpaired) electrons. The number of nitrogens with two attached hydrogens (primary N) is 1. The van der Waals surface area contributed by atoms with Gasteiger partial charge in [-0.2, -0.15) is 23.4 Å². The number of nitrogens with zero attached hydrogens (tertiary/aromatic N) is 5. The Labute approximate surface area is 214 Å². The van der Waals surface area contributed by atoms with Gasteiger partial charge in [-0.05, 0) is 48.1 Å². The highest BCUT2D eigenvalue weighted by Gasteiger charge is 2.35. The number of hydrogen-bond donors (Lipinski definition) is 2. The fourth-order valence-electron chi connectivity index (χ4n) is 3.54. The Bertz CT molecular complexity index is 1450. The molecule has 0 aliphatic rings. The van der Waals surface area contributed by atoms with E-state index < -0.39 is 23.7 Å². The molecule has 35 heavy (non-hydrogen) atoms. The SMILES string of the molecule is Cc1nn(CCC(=O)Nc2c(C(N)=O)sc3nc(C(F)(F)F)cc(-c4cnn(C)c4C)c23)cc1I. The average Bonchev–Trinajstić information content (AvgIpc) is 3.41. The van der Waals surface area contributed by atoms with Crippen LogP contribution in [0.15, 0.2) is 18.5 Å². The third kappa shape index (κ3) is 4.89. The van der Waals surface area contributed by atoms with Crippen molar-refractivity contribution in [3.8, 4) is 11.1 Å². The zero-order chi connectivity index (χ0) is 25.7. The maximum absolute atomic E-state index is 13.6. The van der Waals surface area contributed by atoms with Gasteiger partial charge in [-0.3, -0.25) is 19.0 Å². The summed E-state index contributed by atoms with van der Waals surface area (Å²) in [6.07, 6.45) is -1.48. The number of carbonyl (C=O) groups is 2. The molecule has 0 saturated carbocycles. The van der Waals surface area contributed by atoms with Crippen LogP contribution in [0.4, 0.5) is 18.9 Å². The van der Waals surface area contributed by atoms with Gasteiger partial charge in [-0.15, -0.1) is 11.3 Å². The van der Waals surface area contributed by atoms with Crippen molar-refractivity contribution in [1.82, 2.24) is 24.5 Å². The van der Waals surface area contributed by atoms with E-state index in [1.54, 1.807) is 24.9 Å². The van der Waals surface area contributed by atoms with Crippen LogP contribution in [0.5, 0.6) is 0 Å². The number of aryl methyl sites for hydroxylation is 3. The van der Waals surface area contributed by atoms with E-state index in [4.69, 9.17) is 5.73 Å². The Morgan fingerprint density at radius 1 is 1.26 bits per heavy atom. The van der Waals surface area contributed by atoms with Crippen LogP contribution in [0, 0.1) is 17.4 Å². The van der Waals surface area contributed by atoms with Gasteiger partial charge in [0.1, 0.15) is 15.4 Å². The van der Waals surface area contributed by atoms with Crippen molar-refractivity contribution in [2.24, 2.45) is 12.8 Å². The molecule has 0 saturated heterocycles. The van der Waals surface area contributed by atoms with Gasteiger partial charge in [0.25, 0.3) is 5.91 Å². The quantitative estimate of drug-likeness (QED) is 0.314. The van der Waals surface area contributed by atoms with Crippen LogP contribution >= 0.6 is 33.9 Å². The Balaban J connectivity index is 1.82. The van der Waals surface area contributed by atoms with Gasteiger partial charge < -0.3 is 11.1 Å². The third-order valence-corrected chi connectivity index (χ3v) is 7.58. The molecular formula is C21H19F3IN7O2S. The molecule has 0 spiro atoms. The van der Waals surface area contributed by atoms with Crippen LogP contribution in [0.3, 0.4) is 0 Å². The molecule has 0 atom stereocenters. The van der Waals surface area contributed by atoms with Crippen molar-refractivity contribution in [2.75, 3.05) is 5.32 Å². The molecule has 4 aromatic heterocycles. The lowest BCUT2D eigenvalue weighted by atomic mass is 10.0. The molecule has 0 unspecified atom stereocenters. The van der Waals surface area contributed by atoms with Crippen molar-refractivity contribution >= 4 is 61.6 Å². The van der Waals surface area contributed by atoms with E-state index in [0.717, 1.165) is 15.3 Å². The second-order valence-electron chi connectivity index (χ2n) is 7.79. The molecule has 2 amide bonds. The molecule has 184 valence electrons. The minimum absolute atomic E-state index is 0.0159. The highest BCUT2D eigenvalue weighted by atomic mass is 127. The van der Waals surface area contributed by atoms with Gasteiger partial charge in [0.05, 0.1) is 21.1 Å². The number of alkyl halides is 3. The van der Waals surface area contributed by atoms with Crippen LogP contribution in [0.2, 0.25) is 0 Å². The number of amides is 2. The van der Waals surface area contributed by atoms with Gasteiger partial charge >= 0.3 is 6.18 Å². The summed E-state index contributed by atoms with van der Waals surface area (Å²) >= 11 is 2.83. The molecule has 0 aliphatic heterocycles. The Morgan fingerprint density at radius 2 is 1.97 bits per heavy atom. The topological polar surface area (TPSA) is 121 Å². The Hall–Kier alpha value is -3.01. The maximum Gasteiger partial charge on any atom is 0.433 e. The number of hydrogen-bond acceptors (Lipinski definition) is 6. The van der Waals surface area contributed by atoms with E-state index >= 15 is 0 Å². The molecule has 4 rings (SSSR count). The number of pyridine rings is 1. The van der Waals surface area contributed by atoms with Gasteiger partial charge in [-0.1, -0.05) is 0 Å². The number of anilines is 1. The molecule has 0 bridgehead atoms. The van der Waals surface area contributed by atoms with Gasteiger partial charge in [0.15, 0.2) is 0 Å². The highest BCUT2D eigenvalue weighted by molar-refractivity contribution is 14.1. The van der Waals surface area contributed by atoms with E-state index in [2.05, 4.69) is 43.1 Å². The van der Waals surface area contributed by atoms with E-state index in [1.807, 2.05) is 6.92 Å².